The summed E-state index contributed by atoms with van der Waals surface area (Å²) in [6.45, 7) is 9.66. The predicted molar refractivity (Wildman–Crippen MR) is 113 cm³/mol. The Labute approximate surface area is 162 Å². The minimum Gasteiger partial charge on any atom is -0.323 e. The number of rotatable bonds is 5. The van der Waals surface area contributed by atoms with Gasteiger partial charge in [-0.1, -0.05) is 44.0 Å². The molecule has 0 N–H and O–H groups in total. The van der Waals surface area contributed by atoms with Crippen molar-refractivity contribution < 1.29 is 0 Å². The summed E-state index contributed by atoms with van der Waals surface area (Å²) in [5.41, 5.74) is 7.65. The Kier molecular flexibility index (Phi) is 5.76. The van der Waals surface area contributed by atoms with Crippen molar-refractivity contribution in [2.24, 2.45) is 7.05 Å². The first-order chi connectivity index (χ1) is 12.5. The number of nitrogens with zero attached hydrogens (tertiary/aromatic N) is 3. The normalized spacial score (nSPS) is 14.7. The van der Waals surface area contributed by atoms with Crippen molar-refractivity contribution in [2.75, 3.05) is 11.4 Å². The topological polar surface area (TPSA) is 21.1 Å². The molecule has 0 spiro atoms. The van der Waals surface area contributed by atoms with E-state index in [1.54, 1.807) is 0 Å². The monoisotopic (exact) mass is 371 g/mol. The molecule has 0 fully saturated rings. The molecule has 0 aliphatic carbocycles. The predicted octanol–water partition coefficient (Wildman–Crippen LogP) is 6.37. The van der Waals surface area contributed by atoms with Crippen molar-refractivity contribution in [3.63, 3.8) is 0 Å². The van der Waals surface area contributed by atoms with Crippen LogP contribution in [-0.4, -0.2) is 16.3 Å². The zero-order chi connectivity index (χ0) is 18.8. The standard InChI is InChI=1S/C22H30ClN3/c1-6-9-17(10-7-2)21-18-11-8-12-26(22(18)24-25(21)5)20-16(4)13-15(3)14-19(20)23/h9,13-14H,6-8,10-12H2,1-5H3. The fourth-order valence-electron chi connectivity index (χ4n) is 4.22. The zero-order valence-corrected chi connectivity index (χ0v) is 17.5. The third-order valence-electron chi connectivity index (χ3n) is 5.13. The SMILES string of the molecule is CCC=C(CCC)c1c2c(nn1C)N(c1c(C)cc(C)cc1Cl)CCC2. The Morgan fingerprint density at radius 2 is 2.04 bits per heavy atom. The molecule has 1 aromatic carbocycles. The maximum atomic E-state index is 6.66. The molecule has 1 aliphatic rings. The average Bonchev–Trinajstić information content (AvgIpc) is 2.90. The van der Waals surface area contributed by atoms with E-state index < -0.39 is 0 Å². The maximum absolute atomic E-state index is 6.66. The van der Waals surface area contributed by atoms with E-state index in [4.69, 9.17) is 16.7 Å². The highest BCUT2D eigenvalue weighted by Crippen LogP contribution is 2.41. The second-order valence-corrected chi connectivity index (χ2v) is 7.74. The molecule has 140 valence electrons. The number of hydrogen-bond acceptors (Lipinski definition) is 2. The lowest BCUT2D eigenvalue weighted by molar-refractivity contribution is 0.736. The third kappa shape index (κ3) is 3.42. The fraction of sp³-hybridized carbons (Fsp3) is 0.500. The van der Waals surface area contributed by atoms with E-state index in [1.165, 1.54) is 28.0 Å². The van der Waals surface area contributed by atoms with E-state index in [2.05, 4.69) is 62.5 Å². The minimum atomic E-state index is 0.820. The number of fused-ring (bicyclic) bond motifs is 1. The Morgan fingerprint density at radius 3 is 2.69 bits per heavy atom. The van der Waals surface area contributed by atoms with Gasteiger partial charge in [0.15, 0.2) is 5.82 Å². The first-order valence-corrected chi connectivity index (χ1v) is 10.1. The van der Waals surface area contributed by atoms with Crippen LogP contribution in [0.3, 0.4) is 0 Å². The van der Waals surface area contributed by atoms with Crippen LogP contribution in [0.1, 0.15) is 61.9 Å². The maximum Gasteiger partial charge on any atom is 0.158 e. The van der Waals surface area contributed by atoms with E-state index >= 15 is 0 Å². The molecular formula is C22H30ClN3. The summed E-state index contributed by atoms with van der Waals surface area (Å²) in [6.07, 6.45) is 7.89. The fourth-order valence-corrected chi connectivity index (χ4v) is 4.65. The summed E-state index contributed by atoms with van der Waals surface area (Å²) < 4.78 is 2.08. The molecule has 2 aromatic rings. The van der Waals surface area contributed by atoms with Gasteiger partial charge in [-0.2, -0.15) is 5.10 Å². The van der Waals surface area contributed by atoms with E-state index in [1.807, 2.05) is 0 Å². The second-order valence-electron chi connectivity index (χ2n) is 7.33. The quantitative estimate of drug-likeness (QED) is 0.609. The molecule has 3 rings (SSSR count). The van der Waals surface area contributed by atoms with E-state index in [9.17, 15) is 0 Å². The van der Waals surface area contributed by atoms with Gasteiger partial charge in [-0.15, -0.1) is 0 Å². The van der Waals surface area contributed by atoms with Crippen LogP contribution in [0.5, 0.6) is 0 Å². The summed E-state index contributed by atoms with van der Waals surface area (Å²) >= 11 is 6.66. The van der Waals surface area contributed by atoms with Crippen LogP contribution in [0.2, 0.25) is 5.02 Å². The van der Waals surface area contributed by atoms with Gasteiger partial charge in [0.1, 0.15) is 0 Å². The van der Waals surface area contributed by atoms with Gasteiger partial charge < -0.3 is 4.90 Å². The zero-order valence-electron chi connectivity index (χ0n) is 16.7. The molecule has 0 unspecified atom stereocenters. The Morgan fingerprint density at radius 1 is 1.27 bits per heavy atom. The number of halogens is 1. The third-order valence-corrected chi connectivity index (χ3v) is 5.42. The van der Waals surface area contributed by atoms with Gasteiger partial charge in [-0.25, -0.2) is 0 Å². The van der Waals surface area contributed by atoms with E-state index in [0.29, 0.717) is 0 Å². The molecule has 2 heterocycles. The number of aromatic nitrogens is 2. The Bertz CT molecular complexity index is 809. The highest BCUT2D eigenvalue weighted by atomic mass is 35.5. The molecule has 26 heavy (non-hydrogen) atoms. The van der Waals surface area contributed by atoms with Crippen LogP contribution in [0.25, 0.3) is 5.57 Å². The van der Waals surface area contributed by atoms with E-state index in [-0.39, 0.29) is 0 Å². The number of benzene rings is 1. The van der Waals surface area contributed by atoms with Crippen LogP contribution >= 0.6 is 11.6 Å². The van der Waals surface area contributed by atoms with Gasteiger partial charge >= 0.3 is 0 Å². The van der Waals surface area contributed by atoms with Crippen molar-refractivity contribution in [1.82, 2.24) is 9.78 Å². The largest absolute Gasteiger partial charge is 0.323 e. The van der Waals surface area contributed by atoms with Crippen molar-refractivity contribution >= 4 is 28.7 Å². The van der Waals surface area contributed by atoms with Crippen LogP contribution in [0.15, 0.2) is 18.2 Å². The van der Waals surface area contributed by atoms with Gasteiger partial charge in [-0.05, 0) is 62.3 Å². The number of allylic oxidation sites excluding steroid dienone is 2. The van der Waals surface area contributed by atoms with Gasteiger partial charge in [0.25, 0.3) is 0 Å². The molecule has 0 bridgehead atoms. The van der Waals surface area contributed by atoms with Crippen molar-refractivity contribution in [3.8, 4) is 0 Å². The van der Waals surface area contributed by atoms with Gasteiger partial charge in [0, 0.05) is 19.2 Å². The average molecular weight is 372 g/mol. The van der Waals surface area contributed by atoms with Gasteiger partial charge in [0.05, 0.1) is 16.4 Å². The van der Waals surface area contributed by atoms with E-state index in [0.717, 1.165) is 55.2 Å². The van der Waals surface area contributed by atoms with Crippen LogP contribution < -0.4 is 4.90 Å². The highest BCUT2D eigenvalue weighted by Gasteiger charge is 2.28. The summed E-state index contributed by atoms with van der Waals surface area (Å²) in [6, 6.07) is 4.26. The highest BCUT2D eigenvalue weighted by molar-refractivity contribution is 6.33. The molecule has 0 radical (unpaired) electrons. The molecule has 4 heteroatoms. The lowest BCUT2D eigenvalue weighted by Gasteiger charge is -2.30. The molecule has 0 atom stereocenters. The molecule has 1 aromatic heterocycles. The van der Waals surface area contributed by atoms with Crippen LogP contribution in [0, 0.1) is 13.8 Å². The first kappa shape index (κ1) is 19.0. The summed E-state index contributed by atoms with van der Waals surface area (Å²) in [4.78, 5) is 2.33. The summed E-state index contributed by atoms with van der Waals surface area (Å²) in [5, 5.41) is 5.76. The molecule has 0 saturated carbocycles. The summed E-state index contributed by atoms with van der Waals surface area (Å²) in [7, 11) is 2.08. The summed E-state index contributed by atoms with van der Waals surface area (Å²) in [5.74, 6) is 1.08. The molecular weight excluding hydrogens is 342 g/mol. The molecule has 0 amide bonds. The smallest absolute Gasteiger partial charge is 0.158 e. The number of hydrogen-bond donors (Lipinski definition) is 0. The van der Waals surface area contributed by atoms with Gasteiger partial charge in [0.2, 0.25) is 0 Å². The van der Waals surface area contributed by atoms with Gasteiger partial charge in [-0.3, -0.25) is 4.68 Å². The van der Waals surface area contributed by atoms with Crippen LogP contribution in [-0.2, 0) is 13.5 Å². The molecule has 0 saturated heterocycles. The Balaban J connectivity index is 2.13. The minimum absolute atomic E-state index is 0.820. The lowest BCUT2D eigenvalue weighted by Crippen LogP contribution is -2.25. The number of anilines is 2. The number of aryl methyl sites for hydroxylation is 3. The lowest BCUT2D eigenvalue weighted by atomic mass is 9.96. The van der Waals surface area contributed by atoms with Crippen molar-refractivity contribution in [1.29, 1.82) is 0 Å². The van der Waals surface area contributed by atoms with Crippen LogP contribution in [0.4, 0.5) is 11.5 Å². The second kappa shape index (κ2) is 7.87. The van der Waals surface area contributed by atoms with Crippen molar-refractivity contribution in [2.45, 2.75) is 59.8 Å². The Hall–Kier alpha value is -1.74. The van der Waals surface area contributed by atoms with Crippen molar-refractivity contribution in [3.05, 3.63) is 45.6 Å². The first-order valence-electron chi connectivity index (χ1n) is 9.77. The molecule has 1 aliphatic heterocycles. The molecule has 3 nitrogen and oxygen atoms in total.